The molecule has 0 amide bonds. The molecule has 148 valence electrons. The summed E-state index contributed by atoms with van der Waals surface area (Å²) >= 11 is 6.29. The molecule has 2 heterocycles. The molecule has 1 atom stereocenters. The van der Waals surface area contributed by atoms with Crippen molar-refractivity contribution < 1.29 is 0 Å². The van der Waals surface area contributed by atoms with Gasteiger partial charge in [-0.05, 0) is 31.9 Å². The number of nitrogens with two attached hydrogens (primary N) is 2. The van der Waals surface area contributed by atoms with Crippen LogP contribution in [0.25, 0.3) is 10.9 Å². The summed E-state index contributed by atoms with van der Waals surface area (Å²) in [5, 5.41) is 13.3. The zero-order chi connectivity index (χ0) is 20.7. The quantitative estimate of drug-likeness (QED) is 0.592. The Morgan fingerprint density at radius 1 is 1.38 bits per heavy atom. The first-order valence-corrected chi connectivity index (χ1v) is 9.51. The minimum atomic E-state index is -0.440. The Hall–Kier alpha value is -3.22. The second kappa shape index (κ2) is 7.31. The Bertz CT molecular complexity index is 1200. The molecule has 0 radical (unpaired) electrons. The van der Waals surface area contributed by atoms with Crippen LogP contribution >= 0.6 is 11.6 Å². The van der Waals surface area contributed by atoms with Crippen LogP contribution in [0.4, 0.5) is 11.6 Å². The lowest BCUT2D eigenvalue weighted by molar-refractivity contribution is 0.252. The molecule has 2 aromatic heterocycles. The van der Waals surface area contributed by atoms with Gasteiger partial charge in [-0.25, -0.2) is 15.0 Å². The van der Waals surface area contributed by atoms with Crippen LogP contribution in [0, 0.1) is 11.3 Å². The van der Waals surface area contributed by atoms with Gasteiger partial charge in [0.1, 0.15) is 35.4 Å². The molecule has 1 aliphatic rings. The van der Waals surface area contributed by atoms with Gasteiger partial charge in [-0.3, -0.25) is 9.36 Å². The highest BCUT2D eigenvalue weighted by Gasteiger charge is 2.32. The summed E-state index contributed by atoms with van der Waals surface area (Å²) in [6.45, 7) is 1.84. The number of benzene rings is 1. The number of anilines is 2. The summed E-state index contributed by atoms with van der Waals surface area (Å²) in [6, 6.07) is 6.73. The van der Waals surface area contributed by atoms with E-state index in [9.17, 15) is 10.1 Å². The predicted octanol–water partition coefficient (Wildman–Crippen LogP) is 2.13. The van der Waals surface area contributed by atoms with Crippen molar-refractivity contribution in [3.8, 4) is 6.07 Å². The number of hydrogen-bond donors (Lipinski definition) is 3. The molecule has 1 fully saturated rings. The standard InChI is InChI=1S/C19H19ClN8O/c1-9(26-17-12(7-21)16(23)24-8-25-17)18-27-14-4-2-3-13(20)15(14)19(29)28(18)11-5-10(22)6-11/h2-4,8-11H,5-6,22H2,1H3,(H3,23,24,25,26). The third kappa shape index (κ3) is 3.26. The van der Waals surface area contributed by atoms with Crippen molar-refractivity contribution in [3.63, 3.8) is 0 Å². The fourth-order valence-corrected chi connectivity index (χ4v) is 3.86. The van der Waals surface area contributed by atoms with Crippen LogP contribution in [0.3, 0.4) is 0 Å². The number of fused-ring (bicyclic) bond motifs is 1. The molecule has 10 heteroatoms. The van der Waals surface area contributed by atoms with E-state index in [1.807, 2.05) is 13.0 Å². The molecular weight excluding hydrogens is 392 g/mol. The molecule has 29 heavy (non-hydrogen) atoms. The number of rotatable bonds is 4. The maximum atomic E-state index is 13.3. The summed E-state index contributed by atoms with van der Waals surface area (Å²) in [5.74, 6) is 0.880. The average molecular weight is 411 g/mol. The summed E-state index contributed by atoms with van der Waals surface area (Å²) in [5.41, 5.74) is 12.2. The highest BCUT2D eigenvalue weighted by atomic mass is 35.5. The first-order chi connectivity index (χ1) is 13.9. The average Bonchev–Trinajstić information content (AvgIpc) is 2.66. The number of nitrogens with one attached hydrogen (secondary N) is 1. The van der Waals surface area contributed by atoms with Gasteiger partial charge < -0.3 is 16.8 Å². The summed E-state index contributed by atoms with van der Waals surface area (Å²) in [7, 11) is 0. The fourth-order valence-electron chi connectivity index (χ4n) is 3.61. The topological polar surface area (TPSA) is 149 Å². The first-order valence-electron chi connectivity index (χ1n) is 9.14. The van der Waals surface area contributed by atoms with Gasteiger partial charge in [0.2, 0.25) is 0 Å². The normalized spacial score (nSPS) is 19.4. The van der Waals surface area contributed by atoms with Crippen molar-refractivity contribution in [2.24, 2.45) is 5.73 Å². The largest absolute Gasteiger partial charge is 0.382 e. The van der Waals surface area contributed by atoms with E-state index in [1.165, 1.54) is 6.33 Å². The smallest absolute Gasteiger partial charge is 0.263 e. The maximum absolute atomic E-state index is 13.3. The van der Waals surface area contributed by atoms with E-state index in [0.717, 1.165) is 0 Å². The molecular formula is C19H19ClN8O. The maximum Gasteiger partial charge on any atom is 0.263 e. The minimum absolute atomic E-state index is 0.0526. The Morgan fingerprint density at radius 2 is 2.14 bits per heavy atom. The number of nitrogen functional groups attached to an aromatic ring is 1. The zero-order valence-corrected chi connectivity index (χ0v) is 16.4. The van der Waals surface area contributed by atoms with Crippen LogP contribution in [0.15, 0.2) is 29.3 Å². The third-order valence-corrected chi connectivity index (χ3v) is 5.46. The van der Waals surface area contributed by atoms with Crippen LogP contribution in [0.5, 0.6) is 0 Å². The third-order valence-electron chi connectivity index (χ3n) is 5.15. The van der Waals surface area contributed by atoms with E-state index < -0.39 is 6.04 Å². The lowest BCUT2D eigenvalue weighted by Crippen LogP contribution is -2.43. The van der Waals surface area contributed by atoms with Crippen molar-refractivity contribution in [3.05, 3.63) is 51.3 Å². The summed E-state index contributed by atoms with van der Waals surface area (Å²) in [4.78, 5) is 26.0. The van der Waals surface area contributed by atoms with Crippen molar-refractivity contribution >= 4 is 34.1 Å². The minimum Gasteiger partial charge on any atom is -0.382 e. The van der Waals surface area contributed by atoms with Crippen LogP contribution in [-0.2, 0) is 0 Å². The van der Waals surface area contributed by atoms with Gasteiger partial charge in [0.25, 0.3) is 5.56 Å². The highest BCUT2D eigenvalue weighted by Crippen LogP contribution is 2.33. The van der Waals surface area contributed by atoms with E-state index in [4.69, 9.17) is 28.1 Å². The second-order valence-corrected chi connectivity index (χ2v) is 7.53. The van der Waals surface area contributed by atoms with E-state index >= 15 is 0 Å². The van der Waals surface area contributed by atoms with Crippen molar-refractivity contribution in [1.82, 2.24) is 19.5 Å². The molecule has 0 saturated heterocycles. The molecule has 1 saturated carbocycles. The van der Waals surface area contributed by atoms with Gasteiger partial charge in [0, 0.05) is 12.1 Å². The zero-order valence-electron chi connectivity index (χ0n) is 15.6. The van der Waals surface area contributed by atoms with Gasteiger partial charge in [-0.2, -0.15) is 5.26 Å². The van der Waals surface area contributed by atoms with Gasteiger partial charge in [0.15, 0.2) is 0 Å². The molecule has 0 spiro atoms. The fraction of sp³-hybridized carbons (Fsp3) is 0.316. The molecule has 5 N–H and O–H groups in total. The number of halogens is 1. The SMILES string of the molecule is CC(Nc1ncnc(N)c1C#N)c1nc2cccc(Cl)c2c(=O)n1C1CC(N)C1. The molecule has 1 aromatic carbocycles. The molecule has 0 bridgehead atoms. The molecule has 9 nitrogen and oxygen atoms in total. The van der Waals surface area contributed by atoms with E-state index in [0.29, 0.717) is 34.6 Å². The number of aromatic nitrogens is 4. The lowest BCUT2D eigenvalue weighted by atomic mass is 9.87. The monoisotopic (exact) mass is 410 g/mol. The summed E-state index contributed by atoms with van der Waals surface area (Å²) < 4.78 is 1.66. The van der Waals surface area contributed by atoms with E-state index in [2.05, 4.69) is 15.3 Å². The Balaban J connectivity index is 1.84. The van der Waals surface area contributed by atoms with E-state index in [-0.39, 0.29) is 34.8 Å². The van der Waals surface area contributed by atoms with Gasteiger partial charge in [-0.1, -0.05) is 17.7 Å². The Kier molecular flexibility index (Phi) is 4.82. The van der Waals surface area contributed by atoms with Crippen molar-refractivity contribution in [2.45, 2.75) is 37.9 Å². The molecule has 1 unspecified atom stereocenters. The second-order valence-electron chi connectivity index (χ2n) is 7.12. The number of nitriles is 1. The van der Waals surface area contributed by atoms with Gasteiger partial charge >= 0.3 is 0 Å². The van der Waals surface area contributed by atoms with Crippen LogP contribution in [-0.4, -0.2) is 25.6 Å². The van der Waals surface area contributed by atoms with Gasteiger partial charge in [0.05, 0.1) is 22.0 Å². The molecule has 4 rings (SSSR count). The van der Waals surface area contributed by atoms with Gasteiger partial charge in [-0.15, -0.1) is 0 Å². The van der Waals surface area contributed by atoms with Crippen LogP contribution in [0.2, 0.25) is 5.02 Å². The lowest BCUT2D eigenvalue weighted by Gasteiger charge is -2.36. The van der Waals surface area contributed by atoms with Crippen LogP contribution in [0.1, 0.15) is 43.2 Å². The molecule has 3 aromatic rings. The van der Waals surface area contributed by atoms with Crippen molar-refractivity contribution in [1.29, 1.82) is 5.26 Å². The Labute approximate surface area is 171 Å². The summed E-state index contributed by atoms with van der Waals surface area (Å²) in [6.07, 6.45) is 2.64. The predicted molar refractivity (Wildman–Crippen MR) is 110 cm³/mol. The van der Waals surface area contributed by atoms with Crippen molar-refractivity contribution in [2.75, 3.05) is 11.1 Å². The number of nitrogens with zero attached hydrogens (tertiary/aromatic N) is 5. The molecule has 1 aliphatic carbocycles. The Morgan fingerprint density at radius 3 is 2.83 bits per heavy atom. The highest BCUT2D eigenvalue weighted by molar-refractivity contribution is 6.35. The molecule has 0 aliphatic heterocycles. The number of hydrogen-bond acceptors (Lipinski definition) is 8. The first kappa shape index (κ1) is 19.1. The van der Waals surface area contributed by atoms with E-state index in [1.54, 1.807) is 22.8 Å². The van der Waals surface area contributed by atoms with Crippen LogP contribution < -0.4 is 22.3 Å².